The fourth-order valence-corrected chi connectivity index (χ4v) is 5.27. The van der Waals surface area contributed by atoms with Gasteiger partial charge in [-0.3, -0.25) is 4.90 Å². The van der Waals surface area contributed by atoms with Crippen molar-refractivity contribution in [3.63, 3.8) is 0 Å². The van der Waals surface area contributed by atoms with Gasteiger partial charge in [-0.1, -0.05) is 60.5 Å². The summed E-state index contributed by atoms with van der Waals surface area (Å²) in [6.07, 6.45) is 0.106. The molecule has 0 amide bonds. The van der Waals surface area contributed by atoms with Crippen LogP contribution >= 0.6 is 34.5 Å². The van der Waals surface area contributed by atoms with E-state index in [-0.39, 0.29) is 6.10 Å². The van der Waals surface area contributed by atoms with Crippen LogP contribution in [0.2, 0.25) is 10.0 Å². The Morgan fingerprint density at radius 2 is 1.97 bits per heavy atom. The van der Waals surface area contributed by atoms with Crippen LogP contribution in [0.5, 0.6) is 0 Å². The van der Waals surface area contributed by atoms with E-state index < -0.39 is 0 Å². The van der Waals surface area contributed by atoms with E-state index in [1.54, 1.807) is 17.4 Å². The van der Waals surface area contributed by atoms with Crippen LogP contribution in [0.15, 0.2) is 53.9 Å². The molecule has 1 fully saturated rings. The number of anilines is 1. The van der Waals surface area contributed by atoms with Crippen molar-refractivity contribution in [2.45, 2.75) is 19.6 Å². The summed E-state index contributed by atoms with van der Waals surface area (Å²) in [4.78, 5) is 12.1. The van der Waals surface area contributed by atoms with E-state index in [4.69, 9.17) is 37.9 Å². The van der Waals surface area contributed by atoms with Gasteiger partial charge in [-0.25, -0.2) is 9.97 Å². The molecule has 0 saturated carbocycles. The second-order valence-electron chi connectivity index (χ2n) is 7.99. The van der Waals surface area contributed by atoms with Gasteiger partial charge in [-0.05, 0) is 41.3 Å². The van der Waals surface area contributed by atoms with Gasteiger partial charge in [-0.2, -0.15) is 0 Å². The molecule has 5 nitrogen and oxygen atoms in total. The zero-order valence-corrected chi connectivity index (χ0v) is 20.6. The molecule has 5 rings (SSSR count). The van der Waals surface area contributed by atoms with Gasteiger partial charge in [0.1, 0.15) is 5.82 Å². The number of aromatic nitrogens is 2. The number of nitrogens with one attached hydrogen (secondary N) is 1. The normalized spacial score (nSPS) is 16.9. The number of nitrogens with zero attached hydrogens (tertiary/aromatic N) is 3. The van der Waals surface area contributed by atoms with Gasteiger partial charge in [0, 0.05) is 35.2 Å². The Morgan fingerprint density at radius 1 is 1.12 bits per heavy atom. The first-order chi connectivity index (χ1) is 16.1. The third-order valence-electron chi connectivity index (χ3n) is 5.90. The number of benzene rings is 2. The molecule has 2 aromatic carbocycles. The molecular weight excluding hydrogens is 475 g/mol. The van der Waals surface area contributed by atoms with Gasteiger partial charge >= 0.3 is 0 Å². The number of thiophene rings is 1. The standard InChI is InChI=1S/C25H24Cl2N4OS/c1-2-31-10-11-32-22(15-31)16-3-5-17(6-4-16)24-29-21-9-12-33-23(21)25(30-24)28-14-18-7-8-19(26)13-20(18)27/h3-9,12-13,22H,2,10-11,14-15H2,1H3,(H,28,29,30). The van der Waals surface area contributed by atoms with Gasteiger partial charge in [0.05, 0.1) is 22.9 Å². The second kappa shape index (κ2) is 9.95. The Labute approximate surface area is 207 Å². The predicted octanol–water partition coefficient (Wildman–Crippen LogP) is 6.67. The molecule has 1 saturated heterocycles. The molecule has 3 heterocycles. The summed E-state index contributed by atoms with van der Waals surface area (Å²) in [5.74, 6) is 1.49. The van der Waals surface area contributed by atoms with Gasteiger partial charge in [0.15, 0.2) is 5.82 Å². The quantitative estimate of drug-likeness (QED) is 0.321. The second-order valence-corrected chi connectivity index (χ2v) is 9.75. The van der Waals surface area contributed by atoms with E-state index in [2.05, 4.69) is 41.4 Å². The van der Waals surface area contributed by atoms with Crippen molar-refractivity contribution in [2.75, 3.05) is 31.6 Å². The number of hydrogen-bond donors (Lipinski definition) is 1. The highest BCUT2D eigenvalue weighted by Crippen LogP contribution is 2.31. The minimum Gasteiger partial charge on any atom is -0.371 e. The fraction of sp³-hybridized carbons (Fsp3) is 0.280. The highest BCUT2D eigenvalue weighted by molar-refractivity contribution is 7.17. The number of likely N-dealkylation sites (N-methyl/N-ethyl adjacent to an activating group) is 1. The van der Waals surface area contributed by atoms with Crippen LogP contribution in [0.4, 0.5) is 5.82 Å². The van der Waals surface area contributed by atoms with E-state index in [0.717, 1.165) is 53.4 Å². The van der Waals surface area contributed by atoms with Crippen molar-refractivity contribution in [1.29, 1.82) is 0 Å². The molecule has 1 atom stereocenters. The van der Waals surface area contributed by atoms with Crippen LogP contribution in [0.3, 0.4) is 0 Å². The molecule has 0 spiro atoms. The Balaban J connectivity index is 1.39. The number of ether oxygens (including phenoxy) is 1. The van der Waals surface area contributed by atoms with E-state index in [1.807, 2.05) is 23.6 Å². The first kappa shape index (κ1) is 22.6. The number of rotatable bonds is 6. The molecule has 1 N–H and O–H groups in total. The number of morpholine rings is 1. The van der Waals surface area contributed by atoms with E-state index in [0.29, 0.717) is 22.4 Å². The number of halogens is 2. The minimum atomic E-state index is 0.106. The van der Waals surface area contributed by atoms with Crippen molar-refractivity contribution in [3.05, 3.63) is 75.1 Å². The van der Waals surface area contributed by atoms with Crippen LogP contribution in [-0.4, -0.2) is 41.1 Å². The van der Waals surface area contributed by atoms with E-state index >= 15 is 0 Å². The molecule has 0 radical (unpaired) electrons. The van der Waals surface area contributed by atoms with Gasteiger partial charge in [0.2, 0.25) is 0 Å². The predicted molar refractivity (Wildman–Crippen MR) is 137 cm³/mol. The van der Waals surface area contributed by atoms with Gasteiger partial charge < -0.3 is 10.1 Å². The molecule has 1 aliphatic rings. The first-order valence-corrected chi connectivity index (χ1v) is 12.6. The Kier molecular flexibility index (Phi) is 6.81. The maximum absolute atomic E-state index is 6.35. The van der Waals surface area contributed by atoms with Gasteiger partial charge in [0.25, 0.3) is 0 Å². The molecular formula is C25H24Cl2N4OS. The Morgan fingerprint density at radius 3 is 2.76 bits per heavy atom. The summed E-state index contributed by atoms with van der Waals surface area (Å²) in [7, 11) is 0. The highest BCUT2D eigenvalue weighted by Gasteiger charge is 2.21. The molecule has 1 unspecified atom stereocenters. The Hall–Kier alpha value is -2.22. The third-order valence-corrected chi connectivity index (χ3v) is 7.40. The molecule has 2 aromatic heterocycles. The SMILES string of the molecule is CCN1CCOC(c2ccc(-c3nc(NCc4ccc(Cl)cc4Cl)c4sccc4n3)cc2)C1. The van der Waals surface area contributed by atoms with Crippen LogP contribution in [0.1, 0.15) is 24.2 Å². The van der Waals surface area contributed by atoms with Crippen LogP contribution in [0.25, 0.3) is 21.6 Å². The lowest BCUT2D eigenvalue weighted by Crippen LogP contribution is -2.38. The summed E-state index contributed by atoms with van der Waals surface area (Å²) in [5.41, 5.74) is 4.05. The molecule has 8 heteroatoms. The summed E-state index contributed by atoms with van der Waals surface area (Å²) < 4.78 is 7.02. The van der Waals surface area contributed by atoms with Crippen molar-refractivity contribution >= 4 is 50.6 Å². The van der Waals surface area contributed by atoms with Crippen molar-refractivity contribution in [1.82, 2.24) is 14.9 Å². The highest BCUT2D eigenvalue weighted by atomic mass is 35.5. The molecule has 170 valence electrons. The lowest BCUT2D eigenvalue weighted by molar-refractivity contribution is -0.0281. The van der Waals surface area contributed by atoms with E-state index in [1.165, 1.54) is 5.56 Å². The van der Waals surface area contributed by atoms with Crippen LogP contribution in [-0.2, 0) is 11.3 Å². The average molecular weight is 499 g/mol. The molecule has 1 aliphatic heterocycles. The van der Waals surface area contributed by atoms with Gasteiger partial charge in [-0.15, -0.1) is 11.3 Å². The molecule has 0 bridgehead atoms. The van der Waals surface area contributed by atoms with Crippen molar-refractivity contribution < 1.29 is 4.74 Å². The summed E-state index contributed by atoms with van der Waals surface area (Å²) in [5, 5.41) is 6.73. The first-order valence-electron chi connectivity index (χ1n) is 11.0. The topological polar surface area (TPSA) is 50.3 Å². The van der Waals surface area contributed by atoms with Crippen LogP contribution < -0.4 is 5.32 Å². The number of hydrogen-bond acceptors (Lipinski definition) is 6. The fourth-order valence-electron chi connectivity index (χ4n) is 3.99. The molecule has 0 aliphatic carbocycles. The number of fused-ring (bicyclic) bond motifs is 1. The smallest absolute Gasteiger partial charge is 0.162 e. The Bertz CT molecular complexity index is 1260. The molecule has 4 aromatic rings. The summed E-state index contributed by atoms with van der Waals surface area (Å²) in [6.45, 7) is 6.47. The monoisotopic (exact) mass is 498 g/mol. The third kappa shape index (κ3) is 5.00. The summed E-state index contributed by atoms with van der Waals surface area (Å²) in [6, 6.07) is 16.0. The largest absolute Gasteiger partial charge is 0.371 e. The van der Waals surface area contributed by atoms with Crippen LogP contribution in [0, 0.1) is 0 Å². The average Bonchev–Trinajstić information content (AvgIpc) is 3.32. The molecule has 33 heavy (non-hydrogen) atoms. The lowest BCUT2D eigenvalue weighted by atomic mass is 10.0. The van der Waals surface area contributed by atoms with Crippen molar-refractivity contribution in [2.24, 2.45) is 0 Å². The zero-order chi connectivity index (χ0) is 22.8. The maximum Gasteiger partial charge on any atom is 0.162 e. The van der Waals surface area contributed by atoms with Crippen molar-refractivity contribution in [3.8, 4) is 11.4 Å². The maximum atomic E-state index is 6.35. The van der Waals surface area contributed by atoms with E-state index in [9.17, 15) is 0 Å². The lowest BCUT2D eigenvalue weighted by Gasteiger charge is -2.32. The zero-order valence-electron chi connectivity index (χ0n) is 18.2. The summed E-state index contributed by atoms with van der Waals surface area (Å²) >= 11 is 14.0. The minimum absolute atomic E-state index is 0.106.